The molecule has 1 aromatic heterocycles. The largest absolute Gasteiger partial charge is 0.378 e. The van der Waals surface area contributed by atoms with Crippen LogP contribution in [0.25, 0.3) is 0 Å². The normalized spacial score (nSPS) is 17.0. The summed E-state index contributed by atoms with van der Waals surface area (Å²) in [5.41, 5.74) is 2.75. The van der Waals surface area contributed by atoms with Gasteiger partial charge < -0.3 is 20.3 Å². The summed E-state index contributed by atoms with van der Waals surface area (Å²) >= 11 is 0. The lowest BCUT2D eigenvalue weighted by molar-refractivity contribution is -0.116. The molecule has 1 saturated carbocycles. The number of nitrogens with zero attached hydrogens (tertiary/aromatic N) is 3. The molecular weight excluding hydrogens is 330 g/mol. The molecule has 2 fully saturated rings. The minimum Gasteiger partial charge on any atom is -0.378 e. The minimum absolute atomic E-state index is 0.0947. The van der Waals surface area contributed by atoms with E-state index in [2.05, 4.69) is 25.7 Å². The number of benzene rings is 1. The second-order valence-electron chi connectivity index (χ2n) is 6.80. The average Bonchev–Trinajstić information content (AvgIpc) is 3.48. The van der Waals surface area contributed by atoms with Crippen LogP contribution in [0.2, 0.25) is 0 Å². The lowest BCUT2D eigenvalue weighted by Crippen LogP contribution is -2.36. The molecule has 0 bridgehead atoms. The first-order chi connectivity index (χ1) is 12.8. The molecule has 1 saturated heterocycles. The number of anilines is 4. The van der Waals surface area contributed by atoms with Gasteiger partial charge in [-0.3, -0.25) is 4.79 Å². The summed E-state index contributed by atoms with van der Waals surface area (Å²) in [6, 6.07) is 9.63. The van der Waals surface area contributed by atoms with Crippen LogP contribution in [0, 0.1) is 5.92 Å². The number of hydrogen-bond acceptors (Lipinski definition) is 6. The summed E-state index contributed by atoms with van der Waals surface area (Å²) in [6.07, 6.45) is 4.76. The maximum Gasteiger partial charge on any atom is 0.224 e. The van der Waals surface area contributed by atoms with E-state index in [-0.39, 0.29) is 5.91 Å². The molecule has 136 valence electrons. The Balaban J connectivity index is 1.36. The number of hydrogen-bond donors (Lipinski definition) is 2. The Labute approximate surface area is 152 Å². The Kier molecular flexibility index (Phi) is 4.97. The quantitative estimate of drug-likeness (QED) is 0.831. The van der Waals surface area contributed by atoms with Crippen molar-refractivity contribution in [3.05, 3.63) is 36.5 Å². The van der Waals surface area contributed by atoms with E-state index in [0.29, 0.717) is 18.2 Å². The van der Waals surface area contributed by atoms with Crippen LogP contribution in [-0.4, -0.2) is 42.4 Å². The zero-order chi connectivity index (χ0) is 17.8. The summed E-state index contributed by atoms with van der Waals surface area (Å²) in [5, 5.41) is 14.5. The van der Waals surface area contributed by atoms with Gasteiger partial charge in [-0.2, -0.15) is 5.10 Å². The molecule has 0 spiro atoms. The summed E-state index contributed by atoms with van der Waals surface area (Å²) < 4.78 is 5.39. The predicted octanol–water partition coefficient (Wildman–Crippen LogP) is 2.80. The maximum atomic E-state index is 11.9. The molecule has 7 nitrogen and oxygen atoms in total. The molecule has 7 heteroatoms. The van der Waals surface area contributed by atoms with Crippen LogP contribution < -0.4 is 15.5 Å². The fourth-order valence-corrected chi connectivity index (χ4v) is 2.99. The third-order valence-corrected chi connectivity index (χ3v) is 4.63. The van der Waals surface area contributed by atoms with Gasteiger partial charge in [0.15, 0.2) is 5.82 Å². The van der Waals surface area contributed by atoms with Gasteiger partial charge >= 0.3 is 0 Å². The van der Waals surface area contributed by atoms with Crippen molar-refractivity contribution < 1.29 is 9.53 Å². The van der Waals surface area contributed by atoms with Crippen molar-refractivity contribution >= 4 is 28.8 Å². The Bertz CT molecular complexity index is 755. The molecule has 0 unspecified atom stereocenters. The van der Waals surface area contributed by atoms with Crippen molar-refractivity contribution in [2.75, 3.05) is 41.8 Å². The first kappa shape index (κ1) is 16.8. The molecule has 2 aliphatic rings. The van der Waals surface area contributed by atoms with E-state index in [9.17, 15) is 4.79 Å². The van der Waals surface area contributed by atoms with E-state index in [1.54, 1.807) is 6.20 Å². The highest BCUT2D eigenvalue weighted by atomic mass is 16.5. The number of rotatable bonds is 6. The molecule has 1 aliphatic heterocycles. The molecule has 2 aromatic rings. The van der Waals surface area contributed by atoms with Crippen molar-refractivity contribution in [2.24, 2.45) is 5.92 Å². The van der Waals surface area contributed by atoms with E-state index in [0.717, 1.165) is 43.4 Å². The van der Waals surface area contributed by atoms with E-state index >= 15 is 0 Å². The second-order valence-corrected chi connectivity index (χ2v) is 6.80. The van der Waals surface area contributed by atoms with Gasteiger partial charge in [-0.15, -0.1) is 5.10 Å². The average molecular weight is 353 g/mol. The van der Waals surface area contributed by atoms with Crippen LogP contribution in [-0.2, 0) is 9.53 Å². The Morgan fingerprint density at radius 1 is 1.15 bits per heavy atom. The first-order valence-electron chi connectivity index (χ1n) is 9.09. The molecular formula is C19H23N5O2. The van der Waals surface area contributed by atoms with E-state index in [1.807, 2.05) is 30.3 Å². The van der Waals surface area contributed by atoms with Crippen molar-refractivity contribution in [3.63, 3.8) is 0 Å². The van der Waals surface area contributed by atoms with Crippen LogP contribution in [0.5, 0.6) is 0 Å². The third kappa shape index (κ3) is 4.49. The number of carbonyl (C=O) groups is 1. The summed E-state index contributed by atoms with van der Waals surface area (Å²) in [7, 11) is 0. The molecule has 1 aliphatic carbocycles. The number of amides is 1. The van der Waals surface area contributed by atoms with E-state index in [4.69, 9.17) is 4.74 Å². The highest BCUT2D eigenvalue weighted by molar-refractivity contribution is 5.91. The van der Waals surface area contributed by atoms with Crippen LogP contribution >= 0.6 is 0 Å². The van der Waals surface area contributed by atoms with Crippen molar-refractivity contribution in [1.29, 1.82) is 0 Å². The highest BCUT2D eigenvalue weighted by Crippen LogP contribution is 2.32. The summed E-state index contributed by atoms with van der Waals surface area (Å²) in [5.74, 6) is 1.38. The molecule has 1 aromatic carbocycles. The summed E-state index contributed by atoms with van der Waals surface area (Å²) in [4.78, 5) is 14.1. The molecule has 0 radical (unpaired) electrons. The van der Waals surface area contributed by atoms with Gasteiger partial charge in [0, 0.05) is 37.0 Å². The predicted molar refractivity (Wildman–Crippen MR) is 101 cm³/mol. The van der Waals surface area contributed by atoms with Gasteiger partial charge in [-0.1, -0.05) is 0 Å². The molecule has 0 atom stereocenters. The number of nitrogens with one attached hydrogen (secondary N) is 2. The Hall–Kier alpha value is -2.67. The fraction of sp³-hybridized carbons (Fsp3) is 0.421. The van der Waals surface area contributed by atoms with Crippen molar-refractivity contribution in [3.8, 4) is 0 Å². The minimum atomic E-state index is 0.0947. The highest BCUT2D eigenvalue weighted by Gasteiger charge is 2.24. The van der Waals surface area contributed by atoms with Crippen molar-refractivity contribution in [2.45, 2.75) is 19.3 Å². The van der Waals surface area contributed by atoms with Gasteiger partial charge in [0.2, 0.25) is 5.91 Å². The lowest BCUT2D eigenvalue weighted by atomic mass is 10.2. The number of carbonyl (C=O) groups excluding carboxylic acids is 1. The van der Waals surface area contributed by atoms with Gasteiger partial charge in [0.25, 0.3) is 0 Å². The Morgan fingerprint density at radius 2 is 1.88 bits per heavy atom. The number of morpholine rings is 1. The monoisotopic (exact) mass is 353 g/mol. The molecule has 1 amide bonds. The Morgan fingerprint density at radius 3 is 2.62 bits per heavy atom. The summed E-state index contributed by atoms with van der Waals surface area (Å²) in [6.45, 7) is 3.19. The zero-order valence-electron chi connectivity index (χ0n) is 14.6. The van der Waals surface area contributed by atoms with Crippen LogP contribution in [0.1, 0.15) is 19.3 Å². The molecule has 26 heavy (non-hydrogen) atoms. The third-order valence-electron chi connectivity index (χ3n) is 4.63. The topological polar surface area (TPSA) is 79.4 Å². The maximum absolute atomic E-state index is 11.9. The fourth-order valence-electron chi connectivity index (χ4n) is 2.99. The van der Waals surface area contributed by atoms with Crippen LogP contribution in [0.15, 0.2) is 36.5 Å². The second kappa shape index (κ2) is 7.70. The van der Waals surface area contributed by atoms with Crippen LogP contribution in [0.4, 0.5) is 22.9 Å². The SMILES string of the molecule is O=C(CC1CC1)Nc1ccc(Nc2cc(N3CCOCC3)cnn2)cc1. The molecule has 2 N–H and O–H groups in total. The number of aromatic nitrogens is 2. The lowest BCUT2D eigenvalue weighted by Gasteiger charge is -2.28. The van der Waals surface area contributed by atoms with Gasteiger partial charge in [0.1, 0.15) is 0 Å². The van der Waals surface area contributed by atoms with Gasteiger partial charge in [0.05, 0.1) is 25.1 Å². The first-order valence-corrected chi connectivity index (χ1v) is 9.09. The van der Waals surface area contributed by atoms with E-state index in [1.165, 1.54) is 12.8 Å². The van der Waals surface area contributed by atoms with Crippen LogP contribution in [0.3, 0.4) is 0 Å². The zero-order valence-corrected chi connectivity index (χ0v) is 14.6. The molecule has 4 rings (SSSR count). The molecule has 2 heterocycles. The van der Waals surface area contributed by atoms with Gasteiger partial charge in [-0.25, -0.2) is 0 Å². The smallest absolute Gasteiger partial charge is 0.224 e. The van der Waals surface area contributed by atoms with E-state index < -0.39 is 0 Å². The number of ether oxygens (including phenoxy) is 1. The standard InChI is InChI=1S/C19H23N5O2/c25-19(11-14-1-2-14)22-16-5-3-15(4-6-16)21-18-12-17(13-20-23-18)24-7-9-26-10-8-24/h3-6,12-14H,1-2,7-11H2,(H,21,23)(H,22,25). The van der Waals surface area contributed by atoms with Crippen molar-refractivity contribution in [1.82, 2.24) is 10.2 Å². The van der Waals surface area contributed by atoms with Gasteiger partial charge in [-0.05, 0) is 43.0 Å².